The van der Waals surface area contributed by atoms with E-state index in [4.69, 9.17) is 9.47 Å². The molecule has 2 unspecified atom stereocenters. The number of benzene rings is 1. The predicted molar refractivity (Wildman–Crippen MR) is 74.1 cm³/mol. The maximum atomic E-state index is 13.3. The lowest BCUT2D eigenvalue weighted by Crippen LogP contribution is -2.05. The van der Waals surface area contributed by atoms with Crippen molar-refractivity contribution in [2.24, 2.45) is 11.8 Å². The Balaban J connectivity index is 1.92. The van der Waals surface area contributed by atoms with Crippen molar-refractivity contribution in [3.05, 3.63) is 29.6 Å². The molecule has 1 aromatic rings. The highest BCUT2D eigenvalue weighted by atomic mass is 19.1. The number of ether oxygens (including phenoxy) is 2. The first-order valence-corrected chi connectivity index (χ1v) is 7.14. The zero-order valence-electron chi connectivity index (χ0n) is 12.0. The number of hydrogen-bond acceptors (Lipinski definition) is 3. The minimum Gasteiger partial charge on any atom is -0.493 e. The van der Waals surface area contributed by atoms with Gasteiger partial charge >= 0.3 is 5.97 Å². The molecule has 4 heteroatoms. The Morgan fingerprint density at radius 3 is 2.95 bits per heavy atom. The Morgan fingerprint density at radius 1 is 1.45 bits per heavy atom. The number of halogens is 1. The van der Waals surface area contributed by atoms with E-state index in [0.29, 0.717) is 12.5 Å². The smallest absolute Gasteiger partial charge is 0.308 e. The van der Waals surface area contributed by atoms with Gasteiger partial charge in [-0.05, 0) is 55.4 Å². The van der Waals surface area contributed by atoms with E-state index in [2.05, 4.69) is 0 Å². The summed E-state index contributed by atoms with van der Waals surface area (Å²) in [5.41, 5.74) is 0.883. The van der Waals surface area contributed by atoms with Gasteiger partial charge in [-0.1, -0.05) is 6.92 Å². The molecule has 0 saturated heterocycles. The summed E-state index contributed by atoms with van der Waals surface area (Å²) in [7, 11) is 1.42. The summed E-state index contributed by atoms with van der Waals surface area (Å²) in [6.07, 6.45) is 3.40. The Labute approximate surface area is 119 Å². The van der Waals surface area contributed by atoms with E-state index in [0.717, 1.165) is 37.0 Å². The minimum absolute atomic E-state index is 0.0357. The Morgan fingerprint density at radius 2 is 2.25 bits per heavy atom. The lowest BCUT2D eigenvalue weighted by atomic mass is 10.1. The summed E-state index contributed by atoms with van der Waals surface area (Å²) < 4.78 is 23.7. The molecule has 1 saturated carbocycles. The molecule has 0 bridgehead atoms. The summed E-state index contributed by atoms with van der Waals surface area (Å²) >= 11 is 0. The first kappa shape index (κ1) is 14.8. The van der Waals surface area contributed by atoms with Gasteiger partial charge in [0.25, 0.3) is 0 Å². The summed E-state index contributed by atoms with van der Waals surface area (Å²) in [5, 5.41) is 0. The van der Waals surface area contributed by atoms with Crippen LogP contribution in [0.4, 0.5) is 4.39 Å². The van der Waals surface area contributed by atoms with E-state index < -0.39 is 0 Å². The van der Waals surface area contributed by atoms with E-state index in [-0.39, 0.29) is 17.7 Å². The Hall–Kier alpha value is -1.58. The second kappa shape index (κ2) is 6.73. The first-order valence-electron chi connectivity index (χ1n) is 7.14. The molecule has 0 heterocycles. The third-order valence-corrected chi connectivity index (χ3v) is 3.70. The molecule has 2 rings (SSSR count). The van der Waals surface area contributed by atoms with E-state index in [1.807, 2.05) is 6.92 Å². The first-order chi connectivity index (χ1) is 9.65. The van der Waals surface area contributed by atoms with Crippen LogP contribution < -0.4 is 4.74 Å². The maximum Gasteiger partial charge on any atom is 0.308 e. The second-order valence-corrected chi connectivity index (χ2v) is 5.26. The highest BCUT2D eigenvalue weighted by Gasteiger charge is 2.43. The number of methoxy groups -OCH3 is 1. The van der Waals surface area contributed by atoms with Gasteiger partial charge in [0.2, 0.25) is 0 Å². The van der Waals surface area contributed by atoms with Crippen molar-refractivity contribution in [1.29, 1.82) is 0 Å². The molecule has 20 heavy (non-hydrogen) atoms. The van der Waals surface area contributed by atoms with Gasteiger partial charge in [-0.15, -0.1) is 0 Å². The second-order valence-electron chi connectivity index (χ2n) is 5.26. The molecule has 110 valence electrons. The molecule has 2 atom stereocenters. The fraction of sp³-hybridized carbons (Fsp3) is 0.562. The van der Waals surface area contributed by atoms with Crippen LogP contribution in [0.25, 0.3) is 0 Å². The van der Waals surface area contributed by atoms with Crippen LogP contribution in [0, 0.1) is 17.7 Å². The van der Waals surface area contributed by atoms with Crippen LogP contribution >= 0.6 is 0 Å². The fourth-order valence-electron chi connectivity index (χ4n) is 2.44. The zero-order valence-corrected chi connectivity index (χ0v) is 12.0. The molecular weight excluding hydrogens is 259 g/mol. The molecule has 0 amide bonds. The standard InChI is InChI=1S/C16H21FO3/c1-3-8-20-15-7-6-13(17)9-12(15)5-4-11-10-14(11)16(18)19-2/h6-7,9,11,14H,3-5,8,10H2,1-2H3. The maximum absolute atomic E-state index is 13.3. The fourth-order valence-corrected chi connectivity index (χ4v) is 2.44. The van der Waals surface area contributed by atoms with Crippen molar-refractivity contribution in [1.82, 2.24) is 0 Å². The van der Waals surface area contributed by atoms with E-state index in [1.54, 1.807) is 6.07 Å². The topological polar surface area (TPSA) is 35.5 Å². The number of aryl methyl sites for hydroxylation is 1. The van der Waals surface area contributed by atoms with Crippen LogP contribution in [-0.4, -0.2) is 19.7 Å². The van der Waals surface area contributed by atoms with Gasteiger partial charge in [0, 0.05) is 0 Å². The number of hydrogen-bond donors (Lipinski definition) is 0. The van der Waals surface area contributed by atoms with Crippen molar-refractivity contribution in [2.75, 3.05) is 13.7 Å². The third kappa shape index (κ3) is 3.71. The molecule has 1 aliphatic rings. The van der Waals surface area contributed by atoms with Crippen LogP contribution in [0.5, 0.6) is 5.75 Å². The summed E-state index contributed by atoms with van der Waals surface area (Å²) in [4.78, 5) is 11.4. The molecule has 0 N–H and O–H groups in total. The van der Waals surface area contributed by atoms with Crippen molar-refractivity contribution in [3.63, 3.8) is 0 Å². The lowest BCUT2D eigenvalue weighted by molar-refractivity contribution is -0.142. The van der Waals surface area contributed by atoms with Gasteiger partial charge in [0.15, 0.2) is 0 Å². The van der Waals surface area contributed by atoms with Crippen LogP contribution in [0.15, 0.2) is 18.2 Å². The summed E-state index contributed by atoms with van der Waals surface area (Å²) in [6.45, 7) is 2.67. The van der Waals surface area contributed by atoms with Crippen LogP contribution in [0.3, 0.4) is 0 Å². The van der Waals surface area contributed by atoms with Gasteiger partial charge in [0.1, 0.15) is 11.6 Å². The summed E-state index contributed by atoms with van der Waals surface area (Å²) in [6, 6.07) is 4.63. The van der Waals surface area contributed by atoms with Crippen molar-refractivity contribution < 1.29 is 18.7 Å². The minimum atomic E-state index is -0.246. The van der Waals surface area contributed by atoms with Gasteiger partial charge in [0.05, 0.1) is 19.6 Å². The van der Waals surface area contributed by atoms with Crippen molar-refractivity contribution in [3.8, 4) is 5.75 Å². The average molecular weight is 280 g/mol. The lowest BCUT2D eigenvalue weighted by Gasteiger charge is -2.11. The molecular formula is C16H21FO3. The number of carbonyl (C=O) groups is 1. The Bertz CT molecular complexity index is 473. The highest BCUT2D eigenvalue weighted by molar-refractivity contribution is 5.75. The van der Waals surface area contributed by atoms with Gasteiger partial charge < -0.3 is 9.47 Å². The SMILES string of the molecule is CCCOc1ccc(F)cc1CCC1CC1C(=O)OC. The molecule has 0 spiro atoms. The number of carbonyl (C=O) groups excluding carboxylic acids is 1. The Kier molecular flexibility index (Phi) is 4.99. The quantitative estimate of drug-likeness (QED) is 0.718. The monoisotopic (exact) mass is 280 g/mol. The molecule has 0 aliphatic heterocycles. The third-order valence-electron chi connectivity index (χ3n) is 3.70. The molecule has 1 aromatic carbocycles. The highest BCUT2D eigenvalue weighted by Crippen LogP contribution is 2.43. The van der Waals surface area contributed by atoms with E-state index >= 15 is 0 Å². The predicted octanol–water partition coefficient (Wildman–Crippen LogP) is 3.36. The molecule has 0 radical (unpaired) electrons. The van der Waals surface area contributed by atoms with Crippen LogP contribution in [0.1, 0.15) is 31.7 Å². The van der Waals surface area contributed by atoms with Gasteiger partial charge in [-0.3, -0.25) is 4.79 Å². The molecule has 0 aromatic heterocycles. The number of rotatable bonds is 7. The van der Waals surface area contributed by atoms with Gasteiger partial charge in [-0.25, -0.2) is 4.39 Å². The average Bonchev–Trinajstić information content (AvgIpc) is 3.23. The van der Waals surface area contributed by atoms with Crippen molar-refractivity contribution >= 4 is 5.97 Å². The normalized spacial score (nSPS) is 20.6. The van der Waals surface area contributed by atoms with Gasteiger partial charge in [-0.2, -0.15) is 0 Å². The largest absolute Gasteiger partial charge is 0.493 e. The summed E-state index contributed by atoms with van der Waals surface area (Å²) in [5.74, 6) is 0.780. The van der Waals surface area contributed by atoms with E-state index in [9.17, 15) is 9.18 Å². The molecule has 3 nitrogen and oxygen atoms in total. The van der Waals surface area contributed by atoms with Crippen molar-refractivity contribution in [2.45, 2.75) is 32.6 Å². The van der Waals surface area contributed by atoms with Crippen LogP contribution in [-0.2, 0) is 16.0 Å². The zero-order chi connectivity index (χ0) is 14.5. The number of esters is 1. The molecule has 1 aliphatic carbocycles. The molecule has 1 fully saturated rings. The van der Waals surface area contributed by atoms with E-state index in [1.165, 1.54) is 19.2 Å². The van der Waals surface area contributed by atoms with Crippen LogP contribution in [0.2, 0.25) is 0 Å².